The standard InChI is InChI=1S/C29H30N2/c1-18-14-20(3)28(30)25(16-18)27(26-17-19(2)15-21(4)29(26)31)24-12-10-23(11-13-24)22-8-6-5-7-9-22/h5-17,27H,30-31H2,1-4H3. The molecule has 0 radical (unpaired) electrons. The molecule has 0 fully saturated rings. The van der Waals surface area contributed by atoms with E-state index in [1.165, 1.54) is 27.8 Å². The smallest absolute Gasteiger partial charge is 0.0386 e. The summed E-state index contributed by atoms with van der Waals surface area (Å²) in [6.45, 7) is 8.39. The monoisotopic (exact) mass is 406 g/mol. The zero-order chi connectivity index (χ0) is 22.1. The predicted molar refractivity (Wildman–Crippen MR) is 133 cm³/mol. The number of nitrogens with two attached hydrogens (primary N) is 2. The Morgan fingerprint density at radius 3 is 1.48 bits per heavy atom. The zero-order valence-corrected chi connectivity index (χ0v) is 18.7. The Morgan fingerprint density at radius 2 is 1.00 bits per heavy atom. The lowest BCUT2D eigenvalue weighted by molar-refractivity contribution is 0.973. The van der Waals surface area contributed by atoms with Crippen LogP contribution in [0.25, 0.3) is 11.1 Å². The normalized spacial score (nSPS) is 11.1. The molecule has 0 saturated carbocycles. The van der Waals surface area contributed by atoms with Crippen molar-refractivity contribution in [1.29, 1.82) is 0 Å². The van der Waals surface area contributed by atoms with Gasteiger partial charge in [-0.05, 0) is 66.6 Å². The highest BCUT2D eigenvalue weighted by Crippen LogP contribution is 2.41. The average molecular weight is 407 g/mol. The maximum absolute atomic E-state index is 6.63. The molecule has 0 aliphatic rings. The fourth-order valence-electron chi connectivity index (χ4n) is 4.53. The van der Waals surface area contributed by atoms with Crippen molar-refractivity contribution in [2.75, 3.05) is 11.5 Å². The largest absolute Gasteiger partial charge is 0.398 e. The van der Waals surface area contributed by atoms with Crippen molar-refractivity contribution in [2.24, 2.45) is 0 Å². The van der Waals surface area contributed by atoms with Gasteiger partial charge in [-0.25, -0.2) is 0 Å². The van der Waals surface area contributed by atoms with Crippen LogP contribution in [0.1, 0.15) is 44.9 Å². The molecule has 0 aromatic heterocycles. The number of aryl methyl sites for hydroxylation is 4. The number of nitrogen functional groups attached to an aromatic ring is 2. The fraction of sp³-hybridized carbons (Fsp3) is 0.172. The van der Waals surface area contributed by atoms with Crippen LogP contribution < -0.4 is 11.5 Å². The minimum absolute atomic E-state index is 0.0259. The summed E-state index contributed by atoms with van der Waals surface area (Å²) in [5.41, 5.74) is 25.4. The Hall–Kier alpha value is -3.52. The highest BCUT2D eigenvalue weighted by Gasteiger charge is 2.23. The number of anilines is 2. The summed E-state index contributed by atoms with van der Waals surface area (Å²) in [7, 11) is 0. The lowest BCUT2D eigenvalue weighted by atomic mass is 9.80. The highest BCUT2D eigenvalue weighted by molar-refractivity contribution is 5.69. The summed E-state index contributed by atoms with van der Waals surface area (Å²) >= 11 is 0. The molecule has 4 rings (SSSR count). The Bertz CT molecular complexity index is 1160. The molecular formula is C29H30N2. The second-order valence-electron chi connectivity index (χ2n) is 8.59. The summed E-state index contributed by atoms with van der Waals surface area (Å²) in [6, 6.07) is 27.9. The lowest BCUT2D eigenvalue weighted by Gasteiger charge is -2.25. The molecule has 4 aromatic carbocycles. The van der Waals surface area contributed by atoms with Crippen molar-refractivity contribution < 1.29 is 0 Å². The van der Waals surface area contributed by atoms with Gasteiger partial charge in [-0.3, -0.25) is 0 Å². The number of rotatable bonds is 4. The zero-order valence-electron chi connectivity index (χ0n) is 18.7. The molecule has 4 N–H and O–H groups in total. The molecule has 2 heteroatoms. The summed E-state index contributed by atoms with van der Waals surface area (Å²) in [5.74, 6) is -0.0259. The number of benzene rings is 4. The highest BCUT2D eigenvalue weighted by atomic mass is 14.6. The van der Waals surface area contributed by atoms with Gasteiger partial charge in [0.2, 0.25) is 0 Å². The van der Waals surface area contributed by atoms with E-state index in [0.717, 1.165) is 33.6 Å². The topological polar surface area (TPSA) is 52.0 Å². The molecule has 0 bridgehead atoms. The van der Waals surface area contributed by atoms with Gasteiger partial charge < -0.3 is 11.5 Å². The first kappa shape index (κ1) is 20.7. The molecule has 4 aromatic rings. The van der Waals surface area contributed by atoms with Crippen molar-refractivity contribution in [3.05, 3.63) is 118 Å². The molecule has 0 aliphatic carbocycles. The Kier molecular flexibility index (Phi) is 5.56. The van der Waals surface area contributed by atoms with Gasteiger partial charge in [-0.15, -0.1) is 0 Å². The van der Waals surface area contributed by atoms with E-state index in [1.807, 2.05) is 6.07 Å². The first-order chi connectivity index (χ1) is 14.8. The molecule has 0 atom stereocenters. The van der Waals surface area contributed by atoms with Gasteiger partial charge in [0.25, 0.3) is 0 Å². The summed E-state index contributed by atoms with van der Waals surface area (Å²) in [5, 5.41) is 0. The van der Waals surface area contributed by atoms with Crippen LogP contribution in [0.15, 0.2) is 78.9 Å². The second-order valence-corrected chi connectivity index (χ2v) is 8.59. The van der Waals surface area contributed by atoms with Crippen LogP contribution in [-0.2, 0) is 0 Å². The van der Waals surface area contributed by atoms with Crippen LogP contribution in [0.2, 0.25) is 0 Å². The minimum Gasteiger partial charge on any atom is -0.398 e. The molecule has 0 saturated heterocycles. The maximum atomic E-state index is 6.63. The first-order valence-electron chi connectivity index (χ1n) is 10.7. The third kappa shape index (κ3) is 4.06. The summed E-state index contributed by atoms with van der Waals surface area (Å²) < 4.78 is 0. The predicted octanol–water partition coefficient (Wildman–Crippen LogP) is 6.93. The Morgan fingerprint density at radius 1 is 0.548 bits per heavy atom. The SMILES string of the molecule is Cc1cc(C)c(N)c(C(c2ccc(-c3ccccc3)cc2)c2cc(C)cc(C)c2N)c1. The van der Waals surface area contributed by atoms with Crippen molar-refractivity contribution in [2.45, 2.75) is 33.6 Å². The van der Waals surface area contributed by atoms with Crippen LogP contribution >= 0.6 is 0 Å². The van der Waals surface area contributed by atoms with Crippen molar-refractivity contribution in [3.8, 4) is 11.1 Å². The van der Waals surface area contributed by atoms with E-state index in [2.05, 4.69) is 100 Å². The number of hydrogen-bond donors (Lipinski definition) is 2. The molecule has 0 heterocycles. The van der Waals surface area contributed by atoms with Gasteiger partial charge >= 0.3 is 0 Å². The van der Waals surface area contributed by atoms with Gasteiger partial charge in [0, 0.05) is 17.3 Å². The molecule has 156 valence electrons. The second kappa shape index (κ2) is 8.31. The van der Waals surface area contributed by atoms with E-state index in [4.69, 9.17) is 11.5 Å². The van der Waals surface area contributed by atoms with E-state index < -0.39 is 0 Å². The van der Waals surface area contributed by atoms with Crippen LogP contribution in [-0.4, -0.2) is 0 Å². The molecule has 0 amide bonds. The van der Waals surface area contributed by atoms with E-state index >= 15 is 0 Å². The minimum atomic E-state index is -0.0259. The van der Waals surface area contributed by atoms with Gasteiger partial charge in [-0.1, -0.05) is 90.0 Å². The van der Waals surface area contributed by atoms with Crippen molar-refractivity contribution >= 4 is 11.4 Å². The first-order valence-corrected chi connectivity index (χ1v) is 10.7. The molecule has 0 unspecified atom stereocenters. The lowest BCUT2D eigenvalue weighted by Crippen LogP contribution is -2.11. The average Bonchev–Trinajstić information content (AvgIpc) is 2.76. The van der Waals surface area contributed by atoms with E-state index in [0.29, 0.717) is 0 Å². The fourth-order valence-corrected chi connectivity index (χ4v) is 4.53. The van der Waals surface area contributed by atoms with E-state index in [-0.39, 0.29) is 5.92 Å². The quantitative estimate of drug-likeness (QED) is 0.285. The molecular weight excluding hydrogens is 376 g/mol. The number of hydrogen-bond acceptors (Lipinski definition) is 2. The van der Waals surface area contributed by atoms with Crippen LogP contribution in [0, 0.1) is 27.7 Å². The van der Waals surface area contributed by atoms with Crippen LogP contribution in [0.3, 0.4) is 0 Å². The van der Waals surface area contributed by atoms with Crippen molar-refractivity contribution in [3.63, 3.8) is 0 Å². The van der Waals surface area contributed by atoms with Gasteiger partial charge in [0.1, 0.15) is 0 Å². The van der Waals surface area contributed by atoms with Crippen LogP contribution in [0.5, 0.6) is 0 Å². The Balaban J connectivity index is 1.92. The van der Waals surface area contributed by atoms with Gasteiger partial charge in [-0.2, -0.15) is 0 Å². The van der Waals surface area contributed by atoms with Gasteiger partial charge in [0.05, 0.1) is 0 Å². The molecule has 2 nitrogen and oxygen atoms in total. The third-order valence-corrected chi connectivity index (χ3v) is 6.10. The molecule has 0 spiro atoms. The Labute approximate surface area is 185 Å². The maximum Gasteiger partial charge on any atom is 0.0386 e. The third-order valence-electron chi connectivity index (χ3n) is 6.10. The van der Waals surface area contributed by atoms with Crippen molar-refractivity contribution in [1.82, 2.24) is 0 Å². The van der Waals surface area contributed by atoms with Crippen LogP contribution in [0.4, 0.5) is 11.4 Å². The van der Waals surface area contributed by atoms with E-state index in [9.17, 15) is 0 Å². The van der Waals surface area contributed by atoms with E-state index in [1.54, 1.807) is 0 Å². The molecule has 31 heavy (non-hydrogen) atoms. The van der Waals surface area contributed by atoms with Gasteiger partial charge in [0.15, 0.2) is 0 Å². The summed E-state index contributed by atoms with van der Waals surface area (Å²) in [6.07, 6.45) is 0. The molecule has 0 aliphatic heterocycles. The summed E-state index contributed by atoms with van der Waals surface area (Å²) in [4.78, 5) is 0.